The normalized spacial score (nSPS) is 14.0. The van der Waals surface area contributed by atoms with E-state index in [1.54, 1.807) is 29.2 Å². The molecule has 32 heavy (non-hydrogen) atoms. The van der Waals surface area contributed by atoms with Crippen LogP contribution in [0.25, 0.3) is 0 Å². The van der Waals surface area contributed by atoms with Gasteiger partial charge in [0, 0.05) is 67.7 Å². The van der Waals surface area contributed by atoms with Crippen molar-refractivity contribution in [1.82, 2.24) is 15.1 Å². The van der Waals surface area contributed by atoms with E-state index in [-0.39, 0.29) is 11.6 Å². The third-order valence-electron chi connectivity index (χ3n) is 5.01. The summed E-state index contributed by atoms with van der Waals surface area (Å²) in [5.74, 6) is -1.66. The second kappa shape index (κ2) is 10.7. The number of rotatable bonds is 6. The lowest BCUT2D eigenvalue weighted by Gasteiger charge is -2.34. The maximum Gasteiger partial charge on any atom is 0.313 e. The zero-order chi connectivity index (χ0) is 23.1. The van der Waals surface area contributed by atoms with E-state index in [4.69, 9.17) is 11.6 Å². The van der Waals surface area contributed by atoms with Crippen molar-refractivity contribution in [1.29, 1.82) is 0 Å². The summed E-state index contributed by atoms with van der Waals surface area (Å²) in [6.45, 7) is 3.07. The van der Waals surface area contributed by atoms with Gasteiger partial charge in [-0.1, -0.05) is 11.6 Å². The van der Waals surface area contributed by atoms with Crippen molar-refractivity contribution in [3.63, 3.8) is 0 Å². The Morgan fingerprint density at radius 1 is 0.938 bits per heavy atom. The van der Waals surface area contributed by atoms with Gasteiger partial charge in [-0.15, -0.1) is 0 Å². The van der Waals surface area contributed by atoms with Crippen molar-refractivity contribution in [2.45, 2.75) is 0 Å². The SMILES string of the molecule is O=C(NCCN1CCN(C(=O)c2ccc([N+](=O)[O-])cc2)CC1)C(=O)Nc1ccc(Cl)cc1. The minimum Gasteiger partial charge on any atom is -0.347 e. The lowest BCUT2D eigenvalue weighted by atomic mass is 10.1. The number of nitrogens with one attached hydrogen (secondary N) is 2. The molecule has 1 fully saturated rings. The number of hydrogen-bond acceptors (Lipinski definition) is 6. The van der Waals surface area contributed by atoms with Crippen molar-refractivity contribution < 1.29 is 19.3 Å². The molecule has 2 N–H and O–H groups in total. The van der Waals surface area contributed by atoms with Crippen molar-refractivity contribution >= 4 is 40.7 Å². The molecule has 1 aliphatic heterocycles. The molecule has 11 heteroatoms. The van der Waals surface area contributed by atoms with Crippen LogP contribution >= 0.6 is 11.6 Å². The average molecular weight is 460 g/mol. The summed E-state index contributed by atoms with van der Waals surface area (Å²) in [7, 11) is 0. The lowest BCUT2D eigenvalue weighted by molar-refractivity contribution is -0.384. The van der Waals surface area contributed by atoms with Crippen LogP contribution in [-0.2, 0) is 9.59 Å². The summed E-state index contributed by atoms with van der Waals surface area (Å²) >= 11 is 5.79. The van der Waals surface area contributed by atoms with Crippen LogP contribution in [-0.4, -0.2) is 71.7 Å². The Bertz CT molecular complexity index is 989. The molecule has 0 aromatic heterocycles. The van der Waals surface area contributed by atoms with Crippen molar-refractivity contribution in [3.05, 3.63) is 69.2 Å². The van der Waals surface area contributed by atoms with Gasteiger partial charge in [0.05, 0.1) is 4.92 Å². The molecule has 3 rings (SSSR count). The highest BCUT2D eigenvalue weighted by Gasteiger charge is 2.23. The molecule has 0 spiro atoms. The fourth-order valence-electron chi connectivity index (χ4n) is 3.21. The summed E-state index contributed by atoms with van der Waals surface area (Å²) in [5, 5.41) is 16.3. The third-order valence-corrected chi connectivity index (χ3v) is 5.26. The molecule has 1 aliphatic rings. The van der Waals surface area contributed by atoms with Crippen molar-refractivity contribution in [3.8, 4) is 0 Å². The standard InChI is InChI=1S/C21H22ClN5O5/c22-16-3-5-17(6-4-16)24-20(29)19(28)23-9-10-25-11-13-26(14-12-25)21(30)15-1-7-18(8-2-15)27(31)32/h1-8H,9-14H2,(H,23,28)(H,24,29). The first-order valence-electron chi connectivity index (χ1n) is 9.94. The first-order valence-corrected chi connectivity index (χ1v) is 10.3. The van der Waals surface area contributed by atoms with E-state index in [1.165, 1.54) is 24.3 Å². The van der Waals surface area contributed by atoms with Crippen molar-refractivity contribution in [2.75, 3.05) is 44.6 Å². The largest absolute Gasteiger partial charge is 0.347 e. The van der Waals surface area contributed by atoms with Crippen LogP contribution in [0.2, 0.25) is 5.02 Å². The predicted molar refractivity (Wildman–Crippen MR) is 119 cm³/mol. The second-order valence-electron chi connectivity index (χ2n) is 7.15. The Labute approximate surface area is 189 Å². The van der Waals surface area contributed by atoms with E-state index >= 15 is 0 Å². The van der Waals surface area contributed by atoms with Gasteiger partial charge in [-0.05, 0) is 36.4 Å². The molecule has 10 nitrogen and oxygen atoms in total. The molecule has 1 saturated heterocycles. The Hall–Kier alpha value is -3.50. The summed E-state index contributed by atoms with van der Waals surface area (Å²) in [6.07, 6.45) is 0. The summed E-state index contributed by atoms with van der Waals surface area (Å²) in [5.41, 5.74) is 0.821. The molecule has 2 aromatic carbocycles. The van der Waals surface area contributed by atoms with E-state index in [0.717, 1.165) is 0 Å². The highest BCUT2D eigenvalue weighted by Crippen LogP contribution is 2.15. The zero-order valence-electron chi connectivity index (χ0n) is 17.1. The number of nitrogens with zero attached hydrogens (tertiary/aromatic N) is 3. The first-order chi connectivity index (χ1) is 15.3. The van der Waals surface area contributed by atoms with Crippen LogP contribution in [0, 0.1) is 10.1 Å². The fourth-order valence-corrected chi connectivity index (χ4v) is 3.34. The van der Waals surface area contributed by atoms with Gasteiger partial charge in [-0.2, -0.15) is 0 Å². The van der Waals surface area contributed by atoms with Gasteiger partial charge in [0.25, 0.3) is 11.6 Å². The van der Waals surface area contributed by atoms with Gasteiger partial charge in [-0.3, -0.25) is 29.4 Å². The minimum atomic E-state index is -0.758. The number of non-ortho nitro benzene ring substituents is 1. The Balaban J connectivity index is 1.38. The van der Waals surface area contributed by atoms with Gasteiger partial charge in [0.15, 0.2) is 0 Å². The fraction of sp³-hybridized carbons (Fsp3) is 0.286. The number of anilines is 1. The number of carbonyl (C=O) groups excluding carboxylic acids is 3. The number of piperazine rings is 1. The monoisotopic (exact) mass is 459 g/mol. The van der Waals surface area contributed by atoms with Crippen LogP contribution in [0.4, 0.5) is 11.4 Å². The summed E-state index contributed by atoms with van der Waals surface area (Å²) < 4.78 is 0. The zero-order valence-corrected chi connectivity index (χ0v) is 17.9. The van der Waals surface area contributed by atoms with Gasteiger partial charge in [0.2, 0.25) is 0 Å². The van der Waals surface area contributed by atoms with Crippen LogP contribution in [0.3, 0.4) is 0 Å². The molecule has 168 valence electrons. The number of hydrogen-bond donors (Lipinski definition) is 2. The van der Waals surface area contributed by atoms with E-state index < -0.39 is 16.7 Å². The molecule has 2 aromatic rings. The van der Waals surface area contributed by atoms with E-state index in [0.29, 0.717) is 55.5 Å². The van der Waals surface area contributed by atoms with Crippen LogP contribution in [0.15, 0.2) is 48.5 Å². The lowest BCUT2D eigenvalue weighted by Crippen LogP contribution is -2.50. The summed E-state index contributed by atoms with van der Waals surface area (Å²) in [4.78, 5) is 50.5. The molecule has 0 radical (unpaired) electrons. The van der Waals surface area contributed by atoms with E-state index in [9.17, 15) is 24.5 Å². The number of halogens is 1. The van der Waals surface area contributed by atoms with Crippen LogP contribution in [0.1, 0.15) is 10.4 Å². The Kier molecular flexibility index (Phi) is 7.74. The van der Waals surface area contributed by atoms with Gasteiger partial charge in [0.1, 0.15) is 0 Å². The highest BCUT2D eigenvalue weighted by molar-refractivity contribution is 6.39. The Morgan fingerprint density at radius 2 is 1.56 bits per heavy atom. The van der Waals surface area contributed by atoms with Gasteiger partial charge in [-0.25, -0.2) is 0 Å². The molecule has 0 bridgehead atoms. The number of benzene rings is 2. The van der Waals surface area contributed by atoms with E-state index in [1.807, 2.05) is 0 Å². The molecule has 0 atom stereocenters. The average Bonchev–Trinajstić information content (AvgIpc) is 2.80. The Morgan fingerprint density at radius 3 is 2.16 bits per heavy atom. The molecule has 0 saturated carbocycles. The number of nitro benzene ring substituents is 1. The smallest absolute Gasteiger partial charge is 0.313 e. The van der Waals surface area contributed by atoms with E-state index in [2.05, 4.69) is 15.5 Å². The number of amides is 3. The molecular weight excluding hydrogens is 438 g/mol. The molecule has 1 heterocycles. The van der Waals surface area contributed by atoms with Gasteiger partial charge >= 0.3 is 11.8 Å². The van der Waals surface area contributed by atoms with Crippen LogP contribution in [0.5, 0.6) is 0 Å². The molecule has 0 aliphatic carbocycles. The minimum absolute atomic E-state index is 0.0599. The van der Waals surface area contributed by atoms with Gasteiger partial charge < -0.3 is 15.5 Å². The maximum atomic E-state index is 12.6. The summed E-state index contributed by atoms with van der Waals surface area (Å²) in [6, 6.07) is 12.0. The highest BCUT2D eigenvalue weighted by atomic mass is 35.5. The molecule has 0 unspecified atom stereocenters. The quantitative estimate of drug-likeness (QED) is 0.385. The number of carbonyl (C=O) groups is 3. The van der Waals surface area contributed by atoms with Crippen LogP contribution < -0.4 is 10.6 Å². The first kappa shape index (κ1) is 23.2. The predicted octanol–water partition coefficient (Wildman–Crippen LogP) is 1.76. The third kappa shape index (κ3) is 6.25. The topological polar surface area (TPSA) is 125 Å². The molecular formula is C21H22ClN5O5. The van der Waals surface area contributed by atoms with Crippen molar-refractivity contribution in [2.24, 2.45) is 0 Å². The number of nitro groups is 1. The maximum absolute atomic E-state index is 12.6. The second-order valence-corrected chi connectivity index (χ2v) is 7.59. The molecule has 3 amide bonds.